The van der Waals surface area contributed by atoms with Crippen LogP contribution in [0.4, 0.5) is 0 Å². The minimum absolute atomic E-state index is 0.302. The fourth-order valence-electron chi connectivity index (χ4n) is 4.91. The summed E-state index contributed by atoms with van der Waals surface area (Å²) in [6.07, 6.45) is 4.00. The van der Waals surface area contributed by atoms with E-state index in [2.05, 4.69) is 102 Å². The number of likely N-dealkylation sites (tertiary alicyclic amines) is 1. The van der Waals surface area contributed by atoms with Crippen LogP contribution in [0.5, 0.6) is 0 Å². The molecule has 0 radical (unpaired) electrons. The Morgan fingerprint density at radius 3 is 1.52 bits per heavy atom. The molecule has 0 aliphatic carbocycles. The molecule has 0 atom stereocenters. The van der Waals surface area contributed by atoms with E-state index in [1.807, 2.05) is 0 Å². The average Bonchev–Trinajstić information content (AvgIpc) is 2.81. The zero-order chi connectivity index (χ0) is 19.9. The summed E-state index contributed by atoms with van der Waals surface area (Å²) >= 11 is 0. The number of rotatable bonds is 6. The topological polar surface area (TPSA) is 27.0 Å². The van der Waals surface area contributed by atoms with E-state index in [-0.39, 0.29) is 5.54 Å². The number of hydrogen-bond acceptors (Lipinski definition) is 2. The lowest BCUT2D eigenvalue weighted by Gasteiger charge is -2.48. The Balaban J connectivity index is 1.82. The molecule has 1 heterocycles. The van der Waals surface area contributed by atoms with Crippen molar-refractivity contribution in [2.45, 2.75) is 31.2 Å². The SMILES string of the molecule is N#CCCC1CCN(C(c2ccccc2)(c2ccccc2)c2ccccc2)CC1. The first-order chi connectivity index (χ1) is 14.4. The Kier molecular flexibility index (Phi) is 6.08. The first kappa shape index (κ1) is 19.4. The predicted molar refractivity (Wildman–Crippen MR) is 118 cm³/mol. The molecule has 0 aromatic heterocycles. The summed E-state index contributed by atoms with van der Waals surface area (Å²) in [5.74, 6) is 0.658. The zero-order valence-corrected chi connectivity index (χ0v) is 16.9. The van der Waals surface area contributed by atoms with E-state index in [1.165, 1.54) is 16.7 Å². The highest BCUT2D eigenvalue weighted by atomic mass is 15.2. The second-order valence-electron chi connectivity index (χ2n) is 7.94. The standard InChI is InChI=1S/C27H28N2/c28-20-10-11-23-18-21-29(22-19-23)27(24-12-4-1-5-13-24,25-14-6-2-7-15-25)26-16-8-3-9-17-26/h1-9,12-17,23H,10-11,18-19,21-22H2. The molecular weight excluding hydrogens is 352 g/mol. The molecule has 0 saturated carbocycles. The average molecular weight is 381 g/mol. The minimum Gasteiger partial charge on any atom is -0.286 e. The zero-order valence-electron chi connectivity index (χ0n) is 16.9. The maximum atomic E-state index is 8.96. The molecule has 0 N–H and O–H groups in total. The van der Waals surface area contributed by atoms with Gasteiger partial charge in [0.05, 0.1) is 11.6 Å². The van der Waals surface area contributed by atoms with Crippen molar-refractivity contribution in [1.29, 1.82) is 5.26 Å². The summed E-state index contributed by atoms with van der Waals surface area (Å²) in [4.78, 5) is 2.66. The van der Waals surface area contributed by atoms with E-state index < -0.39 is 0 Å². The van der Waals surface area contributed by atoms with E-state index >= 15 is 0 Å². The molecule has 4 rings (SSSR count). The van der Waals surface area contributed by atoms with Crippen molar-refractivity contribution in [3.8, 4) is 6.07 Å². The second kappa shape index (κ2) is 9.07. The van der Waals surface area contributed by atoms with Crippen molar-refractivity contribution in [3.05, 3.63) is 108 Å². The summed E-state index contributed by atoms with van der Waals surface area (Å²) in [5.41, 5.74) is 3.64. The van der Waals surface area contributed by atoms with Gasteiger partial charge in [0.15, 0.2) is 0 Å². The van der Waals surface area contributed by atoms with E-state index in [1.54, 1.807) is 0 Å². The smallest absolute Gasteiger partial charge is 0.0972 e. The van der Waals surface area contributed by atoms with Gasteiger partial charge in [0, 0.05) is 6.42 Å². The molecule has 2 nitrogen and oxygen atoms in total. The Morgan fingerprint density at radius 1 is 0.724 bits per heavy atom. The molecule has 0 amide bonds. The van der Waals surface area contributed by atoms with Gasteiger partial charge < -0.3 is 0 Å². The normalized spacial score (nSPS) is 15.7. The summed E-state index contributed by atoms with van der Waals surface area (Å²) in [6.45, 7) is 2.07. The predicted octanol–water partition coefficient (Wildman–Crippen LogP) is 5.99. The molecule has 0 spiro atoms. The fourth-order valence-corrected chi connectivity index (χ4v) is 4.91. The van der Waals surface area contributed by atoms with Crippen LogP contribution in [0.15, 0.2) is 91.0 Å². The Bertz CT molecular complexity index is 824. The van der Waals surface area contributed by atoms with Crippen LogP contribution in [0.1, 0.15) is 42.4 Å². The maximum Gasteiger partial charge on any atom is 0.0972 e. The molecule has 146 valence electrons. The van der Waals surface area contributed by atoms with Gasteiger partial charge in [0.1, 0.15) is 0 Å². The quantitative estimate of drug-likeness (QED) is 0.491. The van der Waals surface area contributed by atoms with Crippen LogP contribution in [0.25, 0.3) is 0 Å². The van der Waals surface area contributed by atoms with Crippen molar-refractivity contribution in [2.75, 3.05) is 13.1 Å². The van der Waals surface area contributed by atoms with Crippen LogP contribution >= 0.6 is 0 Å². The lowest BCUT2D eigenvalue weighted by Crippen LogP contribution is -2.51. The van der Waals surface area contributed by atoms with Crippen molar-refractivity contribution in [3.63, 3.8) is 0 Å². The molecule has 1 saturated heterocycles. The molecule has 1 fully saturated rings. The molecule has 2 heteroatoms. The third kappa shape index (κ3) is 3.84. The number of nitrogens with zero attached hydrogens (tertiary/aromatic N) is 2. The number of benzene rings is 3. The Morgan fingerprint density at radius 2 is 1.14 bits per heavy atom. The van der Waals surface area contributed by atoms with Gasteiger partial charge in [-0.2, -0.15) is 5.26 Å². The van der Waals surface area contributed by atoms with Gasteiger partial charge in [-0.3, -0.25) is 4.90 Å². The van der Waals surface area contributed by atoms with Crippen LogP contribution < -0.4 is 0 Å². The lowest BCUT2D eigenvalue weighted by atomic mass is 9.74. The Hall–Kier alpha value is -2.89. The largest absolute Gasteiger partial charge is 0.286 e. The third-order valence-corrected chi connectivity index (χ3v) is 6.33. The molecule has 3 aromatic carbocycles. The molecule has 3 aromatic rings. The lowest BCUT2D eigenvalue weighted by molar-refractivity contribution is 0.0996. The van der Waals surface area contributed by atoms with Gasteiger partial charge in [0.25, 0.3) is 0 Å². The number of piperidine rings is 1. The summed E-state index contributed by atoms with van der Waals surface area (Å²) in [6, 6.07) is 35.1. The van der Waals surface area contributed by atoms with Gasteiger partial charge in [-0.15, -0.1) is 0 Å². The highest BCUT2D eigenvalue weighted by Crippen LogP contribution is 2.44. The van der Waals surface area contributed by atoms with Crippen LogP contribution in [-0.2, 0) is 5.54 Å². The molecular formula is C27H28N2. The van der Waals surface area contributed by atoms with Gasteiger partial charge in [-0.25, -0.2) is 0 Å². The van der Waals surface area contributed by atoms with Crippen molar-refractivity contribution in [1.82, 2.24) is 4.90 Å². The van der Waals surface area contributed by atoms with Crippen LogP contribution in [-0.4, -0.2) is 18.0 Å². The molecule has 1 aliphatic rings. The van der Waals surface area contributed by atoms with E-state index in [4.69, 9.17) is 5.26 Å². The highest BCUT2D eigenvalue weighted by Gasteiger charge is 2.43. The number of nitriles is 1. The van der Waals surface area contributed by atoms with Gasteiger partial charge in [0.2, 0.25) is 0 Å². The van der Waals surface area contributed by atoms with E-state index in [9.17, 15) is 0 Å². The fraction of sp³-hybridized carbons (Fsp3) is 0.296. The molecule has 0 bridgehead atoms. The van der Waals surface area contributed by atoms with Crippen LogP contribution in [0, 0.1) is 17.2 Å². The van der Waals surface area contributed by atoms with Gasteiger partial charge >= 0.3 is 0 Å². The molecule has 0 unspecified atom stereocenters. The molecule has 1 aliphatic heterocycles. The van der Waals surface area contributed by atoms with E-state index in [0.29, 0.717) is 12.3 Å². The minimum atomic E-state index is -0.302. The number of hydrogen-bond donors (Lipinski definition) is 0. The van der Waals surface area contributed by atoms with Crippen LogP contribution in [0.2, 0.25) is 0 Å². The van der Waals surface area contributed by atoms with Crippen molar-refractivity contribution >= 4 is 0 Å². The first-order valence-corrected chi connectivity index (χ1v) is 10.6. The summed E-state index contributed by atoms with van der Waals surface area (Å²) < 4.78 is 0. The van der Waals surface area contributed by atoms with Crippen molar-refractivity contribution in [2.24, 2.45) is 5.92 Å². The van der Waals surface area contributed by atoms with Crippen molar-refractivity contribution < 1.29 is 0 Å². The van der Waals surface area contributed by atoms with Gasteiger partial charge in [-0.05, 0) is 55.0 Å². The van der Waals surface area contributed by atoms with Crippen LogP contribution in [0.3, 0.4) is 0 Å². The maximum absolute atomic E-state index is 8.96. The van der Waals surface area contributed by atoms with Gasteiger partial charge in [-0.1, -0.05) is 91.0 Å². The third-order valence-electron chi connectivity index (χ3n) is 6.33. The Labute approximate surface area is 174 Å². The first-order valence-electron chi connectivity index (χ1n) is 10.6. The second-order valence-corrected chi connectivity index (χ2v) is 7.94. The van der Waals surface area contributed by atoms with E-state index in [0.717, 1.165) is 32.4 Å². The monoisotopic (exact) mass is 380 g/mol. The summed E-state index contributed by atoms with van der Waals surface area (Å²) in [5, 5.41) is 8.96. The summed E-state index contributed by atoms with van der Waals surface area (Å²) in [7, 11) is 0. The molecule has 29 heavy (non-hydrogen) atoms. The highest BCUT2D eigenvalue weighted by molar-refractivity contribution is 5.49.